The van der Waals surface area contributed by atoms with Crippen molar-refractivity contribution in [2.45, 2.75) is 37.5 Å². The van der Waals surface area contributed by atoms with Crippen LogP contribution in [-0.2, 0) is 10.0 Å². The maximum absolute atomic E-state index is 13.7. The number of anilines is 1. The first-order valence-corrected chi connectivity index (χ1v) is 15.5. The van der Waals surface area contributed by atoms with E-state index in [2.05, 4.69) is 26.0 Å². The van der Waals surface area contributed by atoms with Gasteiger partial charge in [0.2, 0.25) is 15.2 Å². The summed E-state index contributed by atoms with van der Waals surface area (Å²) in [6.45, 7) is 3.06. The van der Waals surface area contributed by atoms with Gasteiger partial charge in [-0.25, -0.2) is 13.4 Å². The number of fused-ring (bicyclic) bond motifs is 1. The number of sulfonamides is 1. The third-order valence-corrected chi connectivity index (χ3v) is 9.84. The van der Waals surface area contributed by atoms with E-state index in [1.54, 1.807) is 22.7 Å². The molecule has 7 nitrogen and oxygen atoms in total. The number of rotatable bonds is 6. The van der Waals surface area contributed by atoms with E-state index >= 15 is 0 Å². The second-order valence-corrected chi connectivity index (χ2v) is 13.1. The van der Waals surface area contributed by atoms with Crippen molar-refractivity contribution in [1.82, 2.24) is 9.29 Å². The molecule has 0 saturated carbocycles. The Hall–Kier alpha value is -2.92. The van der Waals surface area contributed by atoms with Gasteiger partial charge in [0.05, 0.1) is 21.3 Å². The van der Waals surface area contributed by atoms with Gasteiger partial charge in [0, 0.05) is 23.1 Å². The second-order valence-electron chi connectivity index (χ2n) is 9.22. The first kappa shape index (κ1) is 26.7. The number of carbonyl (C=O) groups excluding carboxylic acids is 1. The highest BCUT2D eigenvalue weighted by Gasteiger charge is 2.26. The third-order valence-electron chi connectivity index (χ3n) is 6.40. The number of hydrogen-bond acceptors (Lipinski definition) is 6. The first-order valence-electron chi connectivity index (χ1n) is 12.4. The van der Waals surface area contributed by atoms with Crippen LogP contribution in [0.15, 0.2) is 81.2 Å². The molecule has 10 heteroatoms. The zero-order chi connectivity index (χ0) is 26.7. The number of carbonyl (C=O) groups is 1. The van der Waals surface area contributed by atoms with Crippen molar-refractivity contribution < 1.29 is 13.2 Å². The Kier molecular flexibility index (Phi) is 8.04. The molecule has 1 saturated heterocycles. The molecule has 0 atom stereocenters. The molecule has 0 radical (unpaired) electrons. The van der Waals surface area contributed by atoms with Gasteiger partial charge in [-0.15, -0.1) is 0 Å². The maximum Gasteiger partial charge on any atom is 0.280 e. The van der Waals surface area contributed by atoms with E-state index in [0.29, 0.717) is 23.8 Å². The van der Waals surface area contributed by atoms with Gasteiger partial charge in [-0.1, -0.05) is 58.3 Å². The van der Waals surface area contributed by atoms with E-state index in [-0.39, 0.29) is 4.90 Å². The van der Waals surface area contributed by atoms with E-state index in [1.165, 1.54) is 28.5 Å². The molecule has 0 N–H and O–H groups in total. The van der Waals surface area contributed by atoms with Crippen LogP contribution in [0.25, 0.3) is 10.2 Å². The normalized spacial score (nSPS) is 15.1. The zero-order valence-electron chi connectivity index (χ0n) is 20.9. The van der Waals surface area contributed by atoms with Crippen molar-refractivity contribution >= 4 is 64.8 Å². The van der Waals surface area contributed by atoms with E-state index in [4.69, 9.17) is 0 Å². The SMILES string of the molecule is Cc1ccc2nc(N(/N=C/c3ccc(Br)cc3)C(=O)c3ccc(S(=O)(=O)N4CCCCCC4)cc3)sc2c1. The summed E-state index contributed by atoms with van der Waals surface area (Å²) >= 11 is 4.81. The molecule has 2 heterocycles. The van der Waals surface area contributed by atoms with Gasteiger partial charge < -0.3 is 0 Å². The number of aromatic nitrogens is 1. The first-order chi connectivity index (χ1) is 18.3. The molecule has 1 aliphatic heterocycles. The van der Waals surface area contributed by atoms with Crippen molar-refractivity contribution in [1.29, 1.82) is 0 Å². The Balaban J connectivity index is 1.46. The molecule has 0 unspecified atom stereocenters. The summed E-state index contributed by atoms with van der Waals surface area (Å²) in [5.74, 6) is -0.395. The molecular formula is C28H27BrN4O3S2. The van der Waals surface area contributed by atoms with Gasteiger partial charge in [-0.05, 0) is 79.4 Å². The standard InChI is InChI=1S/C28H27BrN4O3S2/c1-20-6-15-25-26(18-20)37-28(31-25)33(30-19-21-7-11-23(29)12-8-21)27(34)22-9-13-24(14-10-22)38(35,36)32-16-4-2-3-5-17-32/h6-15,18-19H,2-5,16-17H2,1H3/b30-19+. The number of thiazole rings is 1. The summed E-state index contributed by atoms with van der Waals surface area (Å²) in [6.07, 6.45) is 5.42. The summed E-state index contributed by atoms with van der Waals surface area (Å²) in [6, 6.07) is 19.6. The van der Waals surface area contributed by atoms with Crippen LogP contribution in [0.3, 0.4) is 0 Å². The fourth-order valence-electron chi connectivity index (χ4n) is 4.30. The minimum Gasteiger partial charge on any atom is -0.267 e. The Morgan fingerprint density at radius 1 is 1.00 bits per heavy atom. The molecule has 38 heavy (non-hydrogen) atoms. The van der Waals surface area contributed by atoms with E-state index in [1.807, 2.05) is 49.4 Å². The van der Waals surface area contributed by atoms with Crippen LogP contribution >= 0.6 is 27.3 Å². The largest absolute Gasteiger partial charge is 0.280 e. The lowest BCUT2D eigenvalue weighted by molar-refractivity contribution is 0.0987. The lowest BCUT2D eigenvalue weighted by atomic mass is 10.2. The molecule has 196 valence electrons. The topological polar surface area (TPSA) is 82.9 Å². The van der Waals surface area contributed by atoms with Crippen LogP contribution in [0.5, 0.6) is 0 Å². The van der Waals surface area contributed by atoms with Gasteiger partial charge in [-0.3, -0.25) is 4.79 Å². The molecule has 1 fully saturated rings. The fraction of sp³-hybridized carbons (Fsp3) is 0.250. The van der Waals surface area contributed by atoms with Crippen LogP contribution in [0, 0.1) is 6.92 Å². The van der Waals surface area contributed by atoms with Crippen LogP contribution in [0.1, 0.15) is 47.2 Å². The average Bonchev–Trinajstić information content (AvgIpc) is 3.12. The van der Waals surface area contributed by atoms with Crippen molar-refractivity contribution in [2.24, 2.45) is 5.10 Å². The maximum atomic E-state index is 13.7. The second kappa shape index (κ2) is 11.4. The van der Waals surface area contributed by atoms with Gasteiger partial charge in [-0.2, -0.15) is 14.4 Å². The van der Waals surface area contributed by atoms with Gasteiger partial charge >= 0.3 is 0 Å². The fourth-order valence-corrected chi connectivity index (χ4v) is 7.10. The monoisotopic (exact) mass is 610 g/mol. The zero-order valence-corrected chi connectivity index (χ0v) is 24.1. The summed E-state index contributed by atoms with van der Waals surface area (Å²) in [5.41, 5.74) is 3.03. The lowest BCUT2D eigenvalue weighted by Gasteiger charge is -2.20. The van der Waals surface area contributed by atoms with Crippen molar-refractivity contribution in [3.8, 4) is 0 Å². The predicted octanol–water partition coefficient (Wildman–Crippen LogP) is 6.61. The molecule has 1 amide bonds. The molecule has 0 spiro atoms. The molecule has 1 aromatic heterocycles. The molecule has 0 bridgehead atoms. The lowest BCUT2D eigenvalue weighted by Crippen LogP contribution is -2.32. The molecule has 1 aliphatic rings. The minimum absolute atomic E-state index is 0.191. The number of aryl methyl sites for hydroxylation is 1. The molecule has 0 aliphatic carbocycles. The van der Waals surface area contributed by atoms with E-state index in [0.717, 1.165) is 51.5 Å². The molecule has 4 aromatic rings. The molecule has 5 rings (SSSR count). The van der Waals surface area contributed by atoms with Crippen molar-refractivity contribution in [3.05, 3.63) is 87.9 Å². The Morgan fingerprint density at radius 3 is 2.37 bits per heavy atom. The summed E-state index contributed by atoms with van der Waals surface area (Å²) in [7, 11) is -3.61. The van der Waals surface area contributed by atoms with Gasteiger partial charge in [0.1, 0.15) is 0 Å². The molecule has 3 aromatic carbocycles. The van der Waals surface area contributed by atoms with Crippen LogP contribution in [-0.4, -0.2) is 42.9 Å². The minimum atomic E-state index is -3.61. The van der Waals surface area contributed by atoms with Crippen LogP contribution in [0.2, 0.25) is 0 Å². The van der Waals surface area contributed by atoms with E-state index < -0.39 is 15.9 Å². The number of nitrogens with zero attached hydrogens (tertiary/aromatic N) is 4. The summed E-state index contributed by atoms with van der Waals surface area (Å²) in [4.78, 5) is 18.5. The number of amides is 1. The molecular weight excluding hydrogens is 584 g/mol. The third kappa shape index (κ3) is 5.88. The number of benzene rings is 3. The Labute approximate surface area is 235 Å². The van der Waals surface area contributed by atoms with Gasteiger partial charge in [0.25, 0.3) is 5.91 Å². The summed E-state index contributed by atoms with van der Waals surface area (Å²) < 4.78 is 29.8. The number of hydrazone groups is 1. The smallest absolute Gasteiger partial charge is 0.267 e. The average molecular weight is 612 g/mol. The Morgan fingerprint density at radius 2 is 1.68 bits per heavy atom. The van der Waals surface area contributed by atoms with Crippen LogP contribution in [0.4, 0.5) is 5.13 Å². The van der Waals surface area contributed by atoms with Gasteiger partial charge in [0.15, 0.2) is 0 Å². The highest BCUT2D eigenvalue weighted by molar-refractivity contribution is 9.10. The highest BCUT2D eigenvalue weighted by atomic mass is 79.9. The van der Waals surface area contributed by atoms with E-state index in [9.17, 15) is 13.2 Å². The highest BCUT2D eigenvalue weighted by Crippen LogP contribution is 2.31. The number of halogens is 1. The van der Waals surface area contributed by atoms with Crippen LogP contribution < -0.4 is 5.01 Å². The Bertz CT molecular complexity index is 1570. The number of hydrogen-bond donors (Lipinski definition) is 0. The van der Waals surface area contributed by atoms with Crippen molar-refractivity contribution in [2.75, 3.05) is 18.1 Å². The summed E-state index contributed by atoms with van der Waals surface area (Å²) in [5, 5.41) is 6.22. The predicted molar refractivity (Wildman–Crippen MR) is 157 cm³/mol. The van der Waals surface area contributed by atoms with Crippen molar-refractivity contribution in [3.63, 3.8) is 0 Å². The quantitative estimate of drug-likeness (QED) is 0.182.